The number of rotatable bonds is 5. The number of carbonyl (C=O) groups is 1. The summed E-state index contributed by atoms with van der Waals surface area (Å²) in [4.78, 5) is 14.4. The zero-order chi connectivity index (χ0) is 12.0. The van der Waals surface area contributed by atoms with Gasteiger partial charge in [-0.2, -0.15) is 0 Å². The molecule has 0 fully saturated rings. The van der Waals surface area contributed by atoms with E-state index in [1.165, 1.54) is 11.3 Å². The highest BCUT2D eigenvalue weighted by molar-refractivity contribution is 7.16. The van der Waals surface area contributed by atoms with E-state index in [4.69, 9.17) is 18.0 Å². The summed E-state index contributed by atoms with van der Waals surface area (Å²) in [6.07, 6.45) is 5.04. The minimum atomic E-state index is -0.0666. The molecule has 0 atom stereocenters. The van der Waals surface area contributed by atoms with Crippen LogP contribution in [0.3, 0.4) is 0 Å². The summed E-state index contributed by atoms with van der Waals surface area (Å²) in [6, 6.07) is 3.82. The van der Waals surface area contributed by atoms with Gasteiger partial charge in [0.2, 0.25) is 5.91 Å². The Morgan fingerprint density at radius 1 is 1.69 bits per heavy atom. The standard InChI is InChI=1S/C11H13ClN2OS/c1-3-6-13-11(15)8-14(2)7-9-4-5-10(12)16-9/h1,4-5H,6-8H2,2H3,(H,13,15). The lowest BCUT2D eigenvalue weighted by Gasteiger charge is -2.14. The molecule has 1 heterocycles. The van der Waals surface area contributed by atoms with E-state index in [1.807, 2.05) is 24.1 Å². The molecule has 1 N–H and O–H groups in total. The van der Waals surface area contributed by atoms with Crippen LogP contribution >= 0.6 is 22.9 Å². The average molecular weight is 257 g/mol. The van der Waals surface area contributed by atoms with Crippen molar-refractivity contribution in [2.75, 3.05) is 20.1 Å². The third-order valence-electron chi connectivity index (χ3n) is 1.86. The second-order valence-corrected chi connectivity index (χ2v) is 5.16. The van der Waals surface area contributed by atoms with Gasteiger partial charge < -0.3 is 5.32 Å². The quantitative estimate of drug-likeness (QED) is 0.812. The molecule has 0 spiro atoms. The second-order valence-electron chi connectivity index (χ2n) is 3.36. The smallest absolute Gasteiger partial charge is 0.234 e. The molecular weight excluding hydrogens is 244 g/mol. The molecule has 1 amide bonds. The van der Waals surface area contributed by atoms with Crippen LogP contribution in [0.25, 0.3) is 0 Å². The van der Waals surface area contributed by atoms with Gasteiger partial charge in [-0.05, 0) is 19.2 Å². The molecule has 0 aliphatic rings. The van der Waals surface area contributed by atoms with Gasteiger partial charge in [-0.25, -0.2) is 0 Å². The predicted molar refractivity (Wildman–Crippen MR) is 67.5 cm³/mol. The van der Waals surface area contributed by atoms with E-state index < -0.39 is 0 Å². The monoisotopic (exact) mass is 256 g/mol. The Labute approximate surface area is 104 Å². The first-order chi connectivity index (χ1) is 7.61. The van der Waals surface area contributed by atoms with Gasteiger partial charge in [0.05, 0.1) is 17.4 Å². The third kappa shape index (κ3) is 4.67. The summed E-state index contributed by atoms with van der Waals surface area (Å²) in [5, 5.41) is 2.61. The molecule has 0 aliphatic carbocycles. The van der Waals surface area contributed by atoms with Crippen LogP contribution in [0.2, 0.25) is 4.34 Å². The lowest BCUT2D eigenvalue weighted by Crippen LogP contribution is -2.34. The van der Waals surface area contributed by atoms with E-state index >= 15 is 0 Å². The van der Waals surface area contributed by atoms with Gasteiger partial charge in [-0.3, -0.25) is 9.69 Å². The zero-order valence-electron chi connectivity index (χ0n) is 9.00. The summed E-state index contributed by atoms with van der Waals surface area (Å²) in [5.41, 5.74) is 0. The molecule has 16 heavy (non-hydrogen) atoms. The van der Waals surface area contributed by atoms with Crippen LogP contribution in [0.5, 0.6) is 0 Å². The fraction of sp³-hybridized carbons (Fsp3) is 0.364. The number of halogens is 1. The van der Waals surface area contributed by atoms with Crippen molar-refractivity contribution in [2.24, 2.45) is 0 Å². The summed E-state index contributed by atoms with van der Waals surface area (Å²) in [7, 11) is 1.88. The van der Waals surface area contributed by atoms with E-state index in [0.717, 1.165) is 9.21 Å². The maximum atomic E-state index is 11.3. The van der Waals surface area contributed by atoms with Gasteiger partial charge in [-0.1, -0.05) is 17.5 Å². The summed E-state index contributed by atoms with van der Waals surface area (Å²) in [5.74, 6) is 2.29. The molecule has 0 aliphatic heterocycles. The molecule has 0 saturated heterocycles. The zero-order valence-corrected chi connectivity index (χ0v) is 10.6. The minimum absolute atomic E-state index is 0.0666. The van der Waals surface area contributed by atoms with Crippen molar-refractivity contribution in [2.45, 2.75) is 6.54 Å². The number of nitrogens with one attached hydrogen (secondary N) is 1. The first kappa shape index (κ1) is 13.0. The van der Waals surface area contributed by atoms with Crippen molar-refractivity contribution in [3.8, 4) is 12.3 Å². The normalized spacial score (nSPS) is 10.1. The predicted octanol–water partition coefficient (Wildman–Crippen LogP) is 1.58. The Balaban J connectivity index is 2.33. The molecule has 0 bridgehead atoms. The molecule has 0 radical (unpaired) electrons. The molecule has 0 unspecified atom stereocenters. The summed E-state index contributed by atoms with van der Waals surface area (Å²) < 4.78 is 0.764. The van der Waals surface area contributed by atoms with Crippen LogP contribution in [0.4, 0.5) is 0 Å². The molecule has 1 aromatic rings. The number of nitrogens with zero attached hydrogens (tertiary/aromatic N) is 1. The minimum Gasteiger partial charge on any atom is -0.344 e. The van der Waals surface area contributed by atoms with Gasteiger partial charge in [0.15, 0.2) is 0 Å². The van der Waals surface area contributed by atoms with Gasteiger partial charge in [0.1, 0.15) is 0 Å². The van der Waals surface area contributed by atoms with Gasteiger partial charge >= 0.3 is 0 Å². The lowest BCUT2D eigenvalue weighted by atomic mass is 10.4. The number of hydrogen-bond acceptors (Lipinski definition) is 3. The molecule has 1 rings (SSSR count). The molecule has 5 heteroatoms. The number of thiophene rings is 1. The number of hydrogen-bond donors (Lipinski definition) is 1. The first-order valence-electron chi connectivity index (χ1n) is 4.74. The van der Waals surface area contributed by atoms with Gasteiger partial charge in [0, 0.05) is 11.4 Å². The maximum absolute atomic E-state index is 11.3. The van der Waals surface area contributed by atoms with Crippen LogP contribution in [0.1, 0.15) is 4.88 Å². The first-order valence-corrected chi connectivity index (χ1v) is 5.94. The van der Waals surface area contributed by atoms with E-state index in [0.29, 0.717) is 13.1 Å². The van der Waals surface area contributed by atoms with Crippen LogP contribution in [-0.2, 0) is 11.3 Å². The number of likely N-dealkylation sites (N-methyl/N-ethyl adjacent to an activating group) is 1. The number of terminal acetylenes is 1. The Morgan fingerprint density at radius 3 is 3.00 bits per heavy atom. The Morgan fingerprint density at radius 2 is 2.44 bits per heavy atom. The van der Waals surface area contributed by atoms with Crippen LogP contribution < -0.4 is 5.32 Å². The Kier molecular flexibility index (Phi) is 5.33. The number of amides is 1. The van der Waals surface area contributed by atoms with Crippen molar-refractivity contribution in [1.29, 1.82) is 0 Å². The van der Waals surface area contributed by atoms with Crippen LogP contribution in [0, 0.1) is 12.3 Å². The van der Waals surface area contributed by atoms with E-state index in [1.54, 1.807) is 0 Å². The molecule has 0 aromatic carbocycles. The van der Waals surface area contributed by atoms with Gasteiger partial charge in [-0.15, -0.1) is 17.8 Å². The molecular formula is C11H13ClN2OS. The van der Waals surface area contributed by atoms with Crippen molar-refractivity contribution < 1.29 is 4.79 Å². The molecule has 86 valence electrons. The van der Waals surface area contributed by atoms with Crippen molar-refractivity contribution in [3.63, 3.8) is 0 Å². The molecule has 3 nitrogen and oxygen atoms in total. The maximum Gasteiger partial charge on any atom is 0.234 e. The molecule has 0 saturated carbocycles. The van der Waals surface area contributed by atoms with Crippen molar-refractivity contribution in [3.05, 3.63) is 21.3 Å². The van der Waals surface area contributed by atoms with Crippen LogP contribution in [-0.4, -0.2) is 30.9 Å². The third-order valence-corrected chi connectivity index (χ3v) is 3.07. The SMILES string of the molecule is C#CCNC(=O)CN(C)Cc1ccc(Cl)s1. The van der Waals surface area contributed by atoms with E-state index in [2.05, 4.69) is 11.2 Å². The summed E-state index contributed by atoms with van der Waals surface area (Å²) >= 11 is 7.34. The highest BCUT2D eigenvalue weighted by Crippen LogP contribution is 2.22. The fourth-order valence-electron chi connectivity index (χ4n) is 1.21. The van der Waals surface area contributed by atoms with Gasteiger partial charge in [0.25, 0.3) is 0 Å². The number of carbonyl (C=O) groups excluding carboxylic acids is 1. The van der Waals surface area contributed by atoms with E-state index in [9.17, 15) is 4.79 Å². The average Bonchev–Trinajstić information content (AvgIpc) is 2.60. The largest absolute Gasteiger partial charge is 0.344 e. The summed E-state index contributed by atoms with van der Waals surface area (Å²) in [6.45, 7) is 1.32. The fourth-order valence-corrected chi connectivity index (χ4v) is 2.38. The topological polar surface area (TPSA) is 32.3 Å². The lowest BCUT2D eigenvalue weighted by molar-refractivity contribution is -0.121. The molecule has 1 aromatic heterocycles. The highest BCUT2D eigenvalue weighted by atomic mass is 35.5. The Bertz CT molecular complexity index is 397. The van der Waals surface area contributed by atoms with Crippen LogP contribution in [0.15, 0.2) is 12.1 Å². The highest BCUT2D eigenvalue weighted by Gasteiger charge is 2.07. The Hall–Kier alpha value is -1.02. The second kappa shape index (κ2) is 6.54. The van der Waals surface area contributed by atoms with Crippen molar-refractivity contribution >= 4 is 28.8 Å². The van der Waals surface area contributed by atoms with Crippen molar-refractivity contribution in [1.82, 2.24) is 10.2 Å². The van der Waals surface area contributed by atoms with E-state index in [-0.39, 0.29) is 12.5 Å².